The molecule has 132 valence electrons. The summed E-state index contributed by atoms with van der Waals surface area (Å²) in [7, 11) is 0. The van der Waals surface area contributed by atoms with Crippen molar-refractivity contribution < 1.29 is 4.79 Å². The predicted molar refractivity (Wildman–Crippen MR) is 106 cm³/mol. The lowest BCUT2D eigenvalue weighted by Gasteiger charge is -2.30. The molecule has 1 saturated heterocycles. The number of rotatable bonds is 5. The smallest absolute Gasteiger partial charge is 0.243 e. The van der Waals surface area contributed by atoms with E-state index >= 15 is 0 Å². The number of para-hydroxylation sites is 2. The Morgan fingerprint density at radius 3 is 2.48 bits per heavy atom. The summed E-state index contributed by atoms with van der Waals surface area (Å²) in [4.78, 5) is 14.6. The highest BCUT2D eigenvalue weighted by Gasteiger charge is 2.15. The highest BCUT2D eigenvalue weighted by atomic mass is 35.5. The van der Waals surface area contributed by atoms with E-state index in [-0.39, 0.29) is 12.5 Å². The van der Waals surface area contributed by atoms with Crippen LogP contribution in [0, 0.1) is 0 Å². The normalized spacial score (nSPS) is 14.2. The summed E-state index contributed by atoms with van der Waals surface area (Å²) in [6.07, 6.45) is 3.71. The van der Waals surface area contributed by atoms with Gasteiger partial charge in [-0.25, -0.2) is 0 Å². The Kier molecular flexibility index (Phi) is 6.05. The number of piperidine rings is 1. The Bertz CT molecular complexity index is 745. The molecule has 25 heavy (non-hydrogen) atoms. The molecule has 0 aliphatic carbocycles. The van der Waals surface area contributed by atoms with Gasteiger partial charge in [0.25, 0.3) is 0 Å². The van der Waals surface area contributed by atoms with Gasteiger partial charge in [0.2, 0.25) is 5.91 Å². The van der Waals surface area contributed by atoms with E-state index in [0.717, 1.165) is 24.5 Å². The van der Waals surface area contributed by atoms with E-state index in [1.54, 1.807) is 18.2 Å². The van der Waals surface area contributed by atoms with Gasteiger partial charge in [-0.05, 0) is 43.5 Å². The first kappa shape index (κ1) is 17.9. The Balaban J connectivity index is 1.63. The Hall–Kier alpha value is -1.91. The second-order valence-corrected chi connectivity index (χ2v) is 6.85. The van der Waals surface area contributed by atoms with Gasteiger partial charge in [0.15, 0.2) is 0 Å². The third-order valence-corrected chi connectivity index (χ3v) is 5.08. The molecule has 1 aliphatic rings. The summed E-state index contributed by atoms with van der Waals surface area (Å²) in [5.41, 5.74) is 2.64. The monoisotopic (exact) mass is 377 g/mol. The number of carbonyl (C=O) groups excluding carboxylic acids is 1. The molecule has 0 aromatic heterocycles. The molecule has 1 amide bonds. The van der Waals surface area contributed by atoms with Gasteiger partial charge in [-0.2, -0.15) is 0 Å². The van der Waals surface area contributed by atoms with Crippen molar-refractivity contribution in [3.05, 3.63) is 52.5 Å². The molecule has 3 rings (SSSR count). The highest BCUT2D eigenvalue weighted by molar-refractivity contribution is 6.44. The molecule has 1 aliphatic heterocycles. The average molecular weight is 378 g/mol. The molecule has 2 aromatic carbocycles. The van der Waals surface area contributed by atoms with Gasteiger partial charge >= 0.3 is 0 Å². The number of amides is 1. The minimum atomic E-state index is -0.169. The first-order valence-corrected chi connectivity index (χ1v) is 9.22. The van der Waals surface area contributed by atoms with E-state index in [0.29, 0.717) is 15.7 Å². The van der Waals surface area contributed by atoms with Crippen molar-refractivity contribution >= 4 is 46.2 Å². The maximum absolute atomic E-state index is 12.2. The van der Waals surface area contributed by atoms with Crippen LogP contribution < -0.4 is 15.5 Å². The van der Waals surface area contributed by atoms with Crippen molar-refractivity contribution in [3.63, 3.8) is 0 Å². The fourth-order valence-electron chi connectivity index (χ4n) is 3.00. The second-order valence-electron chi connectivity index (χ2n) is 6.07. The topological polar surface area (TPSA) is 44.4 Å². The van der Waals surface area contributed by atoms with Crippen molar-refractivity contribution in [1.29, 1.82) is 0 Å². The molecule has 0 unspecified atom stereocenters. The Morgan fingerprint density at radius 2 is 1.68 bits per heavy atom. The minimum absolute atomic E-state index is 0.160. The second kappa shape index (κ2) is 8.45. The fourth-order valence-corrected chi connectivity index (χ4v) is 3.35. The zero-order valence-electron chi connectivity index (χ0n) is 13.9. The summed E-state index contributed by atoms with van der Waals surface area (Å²) in [6.45, 7) is 2.28. The average Bonchev–Trinajstić information content (AvgIpc) is 2.65. The van der Waals surface area contributed by atoms with Crippen LogP contribution in [0.2, 0.25) is 10.0 Å². The van der Waals surface area contributed by atoms with Gasteiger partial charge in [0.05, 0.1) is 33.7 Å². The van der Waals surface area contributed by atoms with Gasteiger partial charge in [0.1, 0.15) is 0 Å². The van der Waals surface area contributed by atoms with E-state index in [2.05, 4.69) is 21.6 Å². The lowest BCUT2D eigenvalue weighted by Crippen LogP contribution is -2.30. The predicted octanol–water partition coefficient (Wildman–Crippen LogP) is 5.03. The minimum Gasteiger partial charge on any atom is -0.374 e. The standard InChI is InChI=1S/C19H21Cl2N3O/c20-14-7-6-9-16(19(14)21)23-18(25)13-22-15-8-2-3-10-17(15)24-11-4-1-5-12-24/h2-3,6-10,22H,1,4-5,11-13H2,(H,23,25). The van der Waals surface area contributed by atoms with Crippen molar-refractivity contribution in [3.8, 4) is 0 Å². The van der Waals surface area contributed by atoms with Crippen molar-refractivity contribution in [2.24, 2.45) is 0 Å². The molecule has 6 heteroatoms. The van der Waals surface area contributed by atoms with E-state index in [4.69, 9.17) is 23.2 Å². The van der Waals surface area contributed by atoms with Gasteiger partial charge in [-0.3, -0.25) is 4.79 Å². The molecular formula is C19H21Cl2N3O. The van der Waals surface area contributed by atoms with E-state index in [1.807, 2.05) is 18.2 Å². The molecule has 0 bridgehead atoms. The number of hydrogen-bond acceptors (Lipinski definition) is 3. The first-order chi connectivity index (χ1) is 12.1. The summed E-state index contributed by atoms with van der Waals surface area (Å²) in [5, 5.41) is 6.80. The van der Waals surface area contributed by atoms with Gasteiger partial charge < -0.3 is 15.5 Å². The Labute approximate surface area is 158 Å². The van der Waals surface area contributed by atoms with Crippen LogP contribution in [-0.2, 0) is 4.79 Å². The lowest BCUT2D eigenvalue weighted by molar-refractivity contribution is -0.114. The third-order valence-electron chi connectivity index (χ3n) is 4.27. The first-order valence-electron chi connectivity index (χ1n) is 8.47. The molecule has 0 spiro atoms. The van der Waals surface area contributed by atoms with Gasteiger partial charge in [0, 0.05) is 13.1 Å². The molecule has 0 saturated carbocycles. The molecule has 2 N–H and O–H groups in total. The van der Waals surface area contributed by atoms with Gasteiger partial charge in [-0.1, -0.05) is 41.4 Å². The summed E-state index contributed by atoms with van der Waals surface area (Å²) >= 11 is 12.1. The number of halogens is 2. The SMILES string of the molecule is O=C(CNc1ccccc1N1CCCCC1)Nc1cccc(Cl)c1Cl. The summed E-state index contributed by atoms with van der Waals surface area (Å²) in [6, 6.07) is 13.3. The van der Waals surface area contributed by atoms with Crippen LogP contribution in [0.15, 0.2) is 42.5 Å². The van der Waals surface area contributed by atoms with Crippen LogP contribution in [0.4, 0.5) is 17.1 Å². The largest absolute Gasteiger partial charge is 0.374 e. The van der Waals surface area contributed by atoms with Crippen LogP contribution in [-0.4, -0.2) is 25.5 Å². The molecule has 1 heterocycles. The van der Waals surface area contributed by atoms with Crippen LogP contribution in [0.1, 0.15) is 19.3 Å². The van der Waals surface area contributed by atoms with Crippen molar-refractivity contribution in [2.45, 2.75) is 19.3 Å². The summed E-state index contributed by atoms with van der Waals surface area (Å²) in [5.74, 6) is -0.169. The van der Waals surface area contributed by atoms with Crippen LogP contribution in [0.3, 0.4) is 0 Å². The zero-order chi connectivity index (χ0) is 17.6. The maximum atomic E-state index is 12.2. The van der Waals surface area contributed by atoms with E-state index < -0.39 is 0 Å². The zero-order valence-corrected chi connectivity index (χ0v) is 15.4. The summed E-state index contributed by atoms with van der Waals surface area (Å²) < 4.78 is 0. The fraction of sp³-hybridized carbons (Fsp3) is 0.316. The van der Waals surface area contributed by atoms with E-state index in [1.165, 1.54) is 19.3 Å². The highest BCUT2D eigenvalue weighted by Crippen LogP contribution is 2.30. The number of carbonyl (C=O) groups is 1. The number of nitrogens with zero attached hydrogens (tertiary/aromatic N) is 1. The van der Waals surface area contributed by atoms with Crippen molar-refractivity contribution in [2.75, 3.05) is 35.2 Å². The molecule has 0 radical (unpaired) electrons. The third kappa shape index (κ3) is 4.59. The van der Waals surface area contributed by atoms with E-state index in [9.17, 15) is 4.79 Å². The van der Waals surface area contributed by atoms with Crippen LogP contribution in [0.5, 0.6) is 0 Å². The van der Waals surface area contributed by atoms with Crippen LogP contribution >= 0.6 is 23.2 Å². The molecule has 2 aromatic rings. The van der Waals surface area contributed by atoms with Gasteiger partial charge in [-0.15, -0.1) is 0 Å². The quantitative estimate of drug-likeness (QED) is 0.767. The number of benzene rings is 2. The molecule has 4 nitrogen and oxygen atoms in total. The van der Waals surface area contributed by atoms with Crippen molar-refractivity contribution in [1.82, 2.24) is 0 Å². The number of anilines is 3. The number of nitrogens with one attached hydrogen (secondary N) is 2. The molecule has 0 atom stereocenters. The lowest BCUT2D eigenvalue weighted by atomic mass is 10.1. The Morgan fingerprint density at radius 1 is 0.960 bits per heavy atom. The molecular weight excluding hydrogens is 357 g/mol. The number of hydrogen-bond donors (Lipinski definition) is 2. The maximum Gasteiger partial charge on any atom is 0.243 e. The molecule has 1 fully saturated rings. The van der Waals surface area contributed by atoms with Crippen LogP contribution in [0.25, 0.3) is 0 Å².